The van der Waals surface area contributed by atoms with Gasteiger partial charge in [-0.3, -0.25) is 4.79 Å². The minimum atomic E-state index is -0.437. The minimum absolute atomic E-state index is 0.0451. The highest BCUT2D eigenvalue weighted by atomic mass is 16.5. The van der Waals surface area contributed by atoms with Crippen molar-refractivity contribution < 1.29 is 14.6 Å². The molecule has 2 aromatic rings. The third-order valence-corrected chi connectivity index (χ3v) is 5.43. The Morgan fingerprint density at radius 3 is 2.39 bits per heavy atom. The van der Waals surface area contributed by atoms with Crippen molar-refractivity contribution in [3.05, 3.63) is 58.7 Å². The van der Waals surface area contributed by atoms with E-state index >= 15 is 0 Å². The van der Waals surface area contributed by atoms with E-state index in [9.17, 15) is 9.90 Å². The number of aliphatic hydroxyl groups excluding tert-OH is 1. The van der Waals surface area contributed by atoms with E-state index in [2.05, 4.69) is 51.2 Å². The maximum absolute atomic E-state index is 12.7. The highest BCUT2D eigenvalue weighted by Gasteiger charge is 2.21. The highest BCUT2D eigenvalue weighted by molar-refractivity contribution is 5.93. The molecule has 0 radical (unpaired) electrons. The van der Waals surface area contributed by atoms with Crippen molar-refractivity contribution >= 4 is 11.6 Å². The van der Waals surface area contributed by atoms with Crippen molar-refractivity contribution in [2.45, 2.75) is 64.9 Å². The summed E-state index contributed by atoms with van der Waals surface area (Å²) in [6.07, 6.45) is 2.14. The van der Waals surface area contributed by atoms with Gasteiger partial charge in [-0.15, -0.1) is 0 Å². The van der Waals surface area contributed by atoms with Crippen molar-refractivity contribution in [3.63, 3.8) is 0 Å². The average Bonchev–Trinajstić information content (AvgIpc) is 2.66. The molecular weight excluding hydrogens is 350 g/mol. The zero-order valence-electron chi connectivity index (χ0n) is 17.3. The van der Waals surface area contributed by atoms with Crippen LogP contribution in [-0.4, -0.2) is 17.6 Å². The number of benzene rings is 2. The number of aliphatic hydroxyl groups is 1. The van der Waals surface area contributed by atoms with E-state index in [1.165, 1.54) is 0 Å². The SMILES string of the molecule is CC(C)c1cccc(C(C)C)c1NC(=O)COc1cccc2c1CCC[C@@H]2O. The Morgan fingerprint density at radius 2 is 1.75 bits per heavy atom. The number of carbonyl (C=O) groups excluding carboxylic acids is 1. The van der Waals surface area contributed by atoms with Crippen LogP contribution in [0.2, 0.25) is 0 Å². The fourth-order valence-corrected chi connectivity index (χ4v) is 3.94. The molecule has 1 aliphatic rings. The molecule has 1 amide bonds. The number of amides is 1. The second-order valence-electron chi connectivity index (χ2n) is 8.19. The topological polar surface area (TPSA) is 58.6 Å². The zero-order chi connectivity index (χ0) is 20.3. The molecule has 28 heavy (non-hydrogen) atoms. The Balaban J connectivity index is 1.75. The van der Waals surface area contributed by atoms with Crippen LogP contribution in [0.5, 0.6) is 5.75 Å². The summed E-state index contributed by atoms with van der Waals surface area (Å²) in [5, 5.41) is 13.3. The number of hydrogen-bond donors (Lipinski definition) is 2. The fraction of sp³-hybridized carbons (Fsp3) is 0.458. The summed E-state index contributed by atoms with van der Waals surface area (Å²) in [4.78, 5) is 12.7. The predicted molar refractivity (Wildman–Crippen MR) is 113 cm³/mol. The molecule has 1 atom stereocenters. The van der Waals surface area contributed by atoms with Crippen LogP contribution < -0.4 is 10.1 Å². The van der Waals surface area contributed by atoms with E-state index in [1.54, 1.807) is 0 Å². The van der Waals surface area contributed by atoms with E-state index in [0.29, 0.717) is 17.6 Å². The van der Waals surface area contributed by atoms with Gasteiger partial charge in [0.25, 0.3) is 5.91 Å². The predicted octanol–water partition coefficient (Wildman–Crippen LogP) is 5.32. The second-order valence-corrected chi connectivity index (χ2v) is 8.19. The van der Waals surface area contributed by atoms with Crippen molar-refractivity contribution in [2.24, 2.45) is 0 Å². The normalized spacial score (nSPS) is 16.2. The molecule has 0 bridgehead atoms. The number of rotatable bonds is 6. The lowest BCUT2D eigenvalue weighted by molar-refractivity contribution is -0.118. The zero-order valence-corrected chi connectivity index (χ0v) is 17.3. The third-order valence-electron chi connectivity index (χ3n) is 5.43. The Morgan fingerprint density at radius 1 is 1.11 bits per heavy atom. The van der Waals surface area contributed by atoms with Crippen molar-refractivity contribution in [3.8, 4) is 5.75 Å². The summed E-state index contributed by atoms with van der Waals surface area (Å²) in [6, 6.07) is 11.9. The summed E-state index contributed by atoms with van der Waals surface area (Å²) >= 11 is 0. The molecule has 3 rings (SSSR count). The van der Waals surface area contributed by atoms with E-state index in [1.807, 2.05) is 18.2 Å². The second kappa shape index (κ2) is 8.78. The molecular formula is C24H31NO3. The Bertz CT molecular complexity index is 815. The summed E-state index contributed by atoms with van der Waals surface area (Å²) in [7, 11) is 0. The largest absolute Gasteiger partial charge is 0.483 e. The molecule has 1 aliphatic carbocycles. The summed E-state index contributed by atoms with van der Waals surface area (Å²) in [5.74, 6) is 1.17. The summed E-state index contributed by atoms with van der Waals surface area (Å²) in [6.45, 7) is 8.48. The molecule has 0 aliphatic heterocycles. The van der Waals surface area contributed by atoms with Crippen LogP contribution in [-0.2, 0) is 11.2 Å². The van der Waals surface area contributed by atoms with E-state index in [-0.39, 0.29) is 12.5 Å². The van der Waals surface area contributed by atoms with Crippen LogP contribution in [0.25, 0.3) is 0 Å². The van der Waals surface area contributed by atoms with Gasteiger partial charge in [0.1, 0.15) is 5.75 Å². The monoisotopic (exact) mass is 381 g/mol. The van der Waals surface area contributed by atoms with Crippen LogP contribution in [0.15, 0.2) is 36.4 Å². The molecule has 0 saturated heterocycles. The van der Waals surface area contributed by atoms with E-state index in [0.717, 1.165) is 47.2 Å². The molecule has 2 N–H and O–H groups in total. The van der Waals surface area contributed by atoms with Crippen LogP contribution in [0, 0.1) is 0 Å². The lowest BCUT2D eigenvalue weighted by atomic mass is 9.89. The first kappa shape index (κ1) is 20.4. The maximum atomic E-state index is 12.7. The Labute approximate surface area is 167 Å². The van der Waals surface area contributed by atoms with Gasteiger partial charge in [-0.1, -0.05) is 58.0 Å². The van der Waals surface area contributed by atoms with Gasteiger partial charge in [0.15, 0.2) is 6.61 Å². The lowest BCUT2D eigenvalue weighted by Crippen LogP contribution is -2.23. The molecule has 4 nitrogen and oxygen atoms in total. The number of hydrogen-bond acceptors (Lipinski definition) is 3. The molecule has 0 aromatic heterocycles. The van der Waals surface area contributed by atoms with Gasteiger partial charge in [0, 0.05) is 5.69 Å². The number of fused-ring (bicyclic) bond motifs is 1. The molecule has 0 fully saturated rings. The molecule has 0 heterocycles. The fourth-order valence-electron chi connectivity index (χ4n) is 3.94. The first-order valence-electron chi connectivity index (χ1n) is 10.2. The number of para-hydroxylation sites is 1. The van der Waals surface area contributed by atoms with Gasteiger partial charge in [0.05, 0.1) is 6.10 Å². The Kier molecular flexibility index (Phi) is 6.40. The van der Waals surface area contributed by atoms with Crippen molar-refractivity contribution in [1.29, 1.82) is 0 Å². The van der Waals surface area contributed by atoms with Crippen molar-refractivity contribution in [2.75, 3.05) is 11.9 Å². The van der Waals surface area contributed by atoms with E-state index < -0.39 is 6.10 Å². The average molecular weight is 382 g/mol. The van der Waals surface area contributed by atoms with Gasteiger partial charge >= 0.3 is 0 Å². The standard InChI is InChI=1S/C24H31NO3/c1-15(2)17-8-5-9-18(16(3)4)24(17)25-23(27)14-28-22-13-7-10-19-20(22)11-6-12-21(19)26/h5,7-10,13,15-16,21,26H,6,11-12,14H2,1-4H3,(H,25,27)/t21-/m0/s1. The number of anilines is 1. The minimum Gasteiger partial charge on any atom is -0.483 e. The van der Waals surface area contributed by atoms with Crippen LogP contribution >= 0.6 is 0 Å². The highest BCUT2D eigenvalue weighted by Crippen LogP contribution is 2.35. The number of nitrogens with one attached hydrogen (secondary N) is 1. The van der Waals surface area contributed by atoms with E-state index in [4.69, 9.17) is 4.74 Å². The first-order chi connectivity index (χ1) is 13.4. The lowest BCUT2D eigenvalue weighted by Gasteiger charge is -2.24. The number of carbonyl (C=O) groups is 1. The Hall–Kier alpha value is -2.33. The van der Waals surface area contributed by atoms with Gasteiger partial charge < -0.3 is 15.2 Å². The van der Waals surface area contributed by atoms with Crippen molar-refractivity contribution in [1.82, 2.24) is 0 Å². The molecule has 0 unspecified atom stereocenters. The van der Waals surface area contributed by atoms with Crippen LogP contribution in [0.1, 0.15) is 80.7 Å². The summed E-state index contributed by atoms with van der Waals surface area (Å²) < 4.78 is 5.86. The summed E-state index contributed by atoms with van der Waals surface area (Å²) in [5.41, 5.74) is 5.14. The van der Waals surface area contributed by atoms with Gasteiger partial charge in [0.2, 0.25) is 0 Å². The quantitative estimate of drug-likeness (QED) is 0.712. The van der Waals surface area contributed by atoms with Crippen LogP contribution in [0.4, 0.5) is 5.69 Å². The van der Waals surface area contributed by atoms with Gasteiger partial charge in [-0.2, -0.15) is 0 Å². The smallest absolute Gasteiger partial charge is 0.262 e. The van der Waals surface area contributed by atoms with Crippen LogP contribution in [0.3, 0.4) is 0 Å². The third kappa shape index (κ3) is 4.39. The molecule has 4 heteroatoms. The maximum Gasteiger partial charge on any atom is 0.262 e. The number of ether oxygens (including phenoxy) is 1. The first-order valence-corrected chi connectivity index (χ1v) is 10.2. The molecule has 0 saturated carbocycles. The molecule has 0 spiro atoms. The molecule has 2 aromatic carbocycles. The van der Waals surface area contributed by atoms with Gasteiger partial charge in [-0.25, -0.2) is 0 Å². The molecule has 150 valence electrons. The van der Waals surface area contributed by atoms with Gasteiger partial charge in [-0.05, 0) is 59.4 Å².